The Morgan fingerprint density at radius 2 is 2.25 bits per heavy atom. The Kier molecular flexibility index (Phi) is 3.65. The van der Waals surface area contributed by atoms with Crippen LogP contribution in [-0.2, 0) is 4.79 Å². The van der Waals surface area contributed by atoms with Crippen molar-refractivity contribution in [2.45, 2.75) is 11.7 Å². The van der Waals surface area contributed by atoms with E-state index in [1.165, 1.54) is 11.0 Å². The van der Waals surface area contributed by atoms with Gasteiger partial charge >= 0.3 is 0 Å². The Labute approximate surface area is 117 Å². The lowest BCUT2D eigenvalue weighted by Gasteiger charge is -2.18. The maximum Gasteiger partial charge on any atom is 0.228 e. The zero-order chi connectivity index (χ0) is 11.9. The van der Waals surface area contributed by atoms with Gasteiger partial charge < -0.3 is 4.90 Å². The summed E-state index contributed by atoms with van der Waals surface area (Å²) in [7, 11) is 0. The fourth-order valence-corrected chi connectivity index (χ4v) is 3.29. The van der Waals surface area contributed by atoms with Crippen molar-refractivity contribution in [3.63, 3.8) is 0 Å². The molecule has 1 atom stereocenters. The predicted octanol–water partition coefficient (Wildman–Crippen LogP) is 3.12. The summed E-state index contributed by atoms with van der Waals surface area (Å²) in [6.45, 7) is 0.441. The number of carbonyl (C=O) groups is 1. The van der Waals surface area contributed by atoms with Crippen molar-refractivity contribution in [3.8, 4) is 0 Å². The average molecular weight is 372 g/mol. The van der Waals surface area contributed by atoms with Gasteiger partial charge in [0.25, 0.3) is 0 Å². The van der Waals surface area contributed by atoms with Crippen LogP contribution < -0.4 is 4.90 Å². The number of thiol groups is 1. The van der Waals surface area contributed by atoms with E-state index in [1.807, 2.05) is 22.6 Å². The standard InChI is InChI=1S/C10H8ClFINOS/c11-5-1-7(12)10(8(13)2-5)14-4-6(16)3-9(14)15/h1-2,6,16H,3-4H2. The van der Waals surface area contributed by atoms with E-state index in [4.69, 9.17) is 11.6 Å². The third-order valence-electron chi connectivity index (χ3n) is 2.36. The summed E-state index contributed by atoms with van der Waals surface area (Å²) in [6.07, 6.45) is 0.348. The molecule has 0 spiro atoms. The Bertz CT molecular complexity index is 433. The van der Waals surface area contributed by atoms with Gasteiger partial charge in [0.1, 0.15) is 5.82 Å². The number of anilines is 1. The number of amides is 1. The number of carbonyl (C=O) groups excluding carboxylic acids is 1. The molecule has 2 rings (SSSR count). The quantitative estimate of drug-likeness (QED) is 0.594. The number of nitrogens with zero attached hydrogens (tertiary/aromatic N) is 1. The molecule has 0 N–H and O–H groups in total. The third-order valence-corrected chi connectivity index (χ3v) is 3.74. The zero-order valence-electron chi connectivity index (χ0n) is 8.08. The maximum absolute atomic E-state index is 13.8. The minimum Gasteiger partial charge on any atom is -0.308 e. The first kappa shape index (κ1) is 12.4. The van der Waals surface area contributed by atoms with Crippen LogP contribution in [0.25, 0.3) is 0 Å². The molecule has 0 radical (unpaired) electrons. The highest BCUT2D eigenvalue weighted by molar-refractivity contribution is 14.1. The van der Waals surface area contributed by atoms with Crippen molar-refractivity contribution in [3.05, 3.63) is 26.5 Å². The topological polar surface area (TPSA) is 20.3 Å². The molecule has 1 aliphatic heterocycles. The lowest BCUT2D eigenvalue weighted by Crippen LogP contribution is -2.26. The van der Waals surface area contributed by atoms with Crippen molar-refractivity contribution in [2.75, 3.05) is 11.4 Å². The fourth-order valence-electron chi connectivity index (χ4n) is 1.70. The van der Waals surface area contributed by atoms with Crippen LogP contribution in [-0.4, -0.2) is 17.7 Å². The number of benzene rings is 1. The molecule has 1 amide bonds. The van der Waals surface area contributed by atoms with Crippen LogP contribution in [0.1, 0.15) is 6.42 Å². The third kappa shape index (κ3) is 2.31. The monoisotopic (exact) mass is 371 g/mol. The molecule has 0 aliphatic carbocycles. The second kappa shape index (κ2) is 4.70. The van der Waals surface area contributed by atoms with E-state index >= 15 is 0 Å². The summed E-state index contributed by atoms with van der Waals surface area (Å²) < 4.78 is 14.4. The highest BCUT2D eigenvalue weighted by Crippen LogP contribution is 2.33. The number of hydrogen-bond acceptors (Lipinski definition) is 2. The average Bonchev–Trinajstić information content (AvgIpc) is 2.43. The molecule has 1 unspecified atom stereocenters. The highest BCUT2D eigenvalue weighted by atomic mass is 127. The summed E-state index contributed by atoms with van der Waals surface area (Å²) in [5, 5.41) is 0.304. The van der Waals surface area contributed by atoms with Crippen LogP contribution in [0.5, 0.6) is 0 Å². The highest BCUT2D eigenvalue weighted by Gasteiger charge is 2.31. The number of hydrogen-bond donors (Lipinski definition) is 1. The summed E-state index contributed by atoms with van der Waals surface area (Å²) in [4.78, 5) is 13.1. The fraction of sp³-hybridized carbons (Fsp3) is 0.300. The van der Waals surface area contributed by atoms with Gasteiger partial charge in [-0.05, 0) is 34.7 Å². The van der Waals surface area contributed by atoms with E-state index in [2.05, 4.69) is 12.6 Å². The van der Waals surface area contributed by atoms with Crippen LogP contribution in [0.4, 0.5) is 10.1 Å². The molecule has 6 heteroatoms. The Morgan fingerprint density at radius 1 is 1.56 bits per heavy atom. The molecule has 1 heterocycles. The van der Waals surface area contributed by atoms with Gasteiger partial charge in [-0.25, -0.2) is 4.39 Å². The zero-order valence-corrected chi connectivity index (χ0v) is 11.9. The van der Waals surface area contributed by atoms with Crippen LogP contribution in [0.3, 0.4) is 0 Å². The molecule has 86 valence electrons. The Morgan fingerprint density at radius 3 is 2.75 bits per heavy atom. The van der Waals surface area contributed by atoms with Crippen LogP contribution in [0, 0.1) is 9.39 Å². The molecular weight excluding hydrogens is 364 g/mol. The first-order valence-corrected chi connectivity index (χ1v) is 6.59. The first-order valence-electron chi connectivity index (χ1n) is 4.62. The van der Waals surface area contributed by atoms with Crippen molar-refractivity contribution < 1.29 is 9.18 Å². The molecule has 0 bridgehead atoms. The van der Waals surface area contributed by atoms with E-state index < -0.39 is 5.82 Å². The lowest BCUT2D eigenvalue weighted by molar-refractivity contribution is -0.117. The minimum atomic E-state index is -0.465. The normalized spacial score (nSPS) is 20.6. The van der Waals surface area contributed by atoms with Gasteiger partial charge in [-0.1, -0.05) is 11.6 Å². The van der Waals surface area contributed by atoms with Gasteiger partial charge in [-0.2, -0.15) is 12.6 Å². The van der Waals surface area contributed by atoms with Gasteiger partial charge in [0, 0.05) is 26.8 Å². The summed E-state index contributed by atoms with van der Waals surface area (Å²) in [5.41, 5.74) is 0.312. The van der Waals surface area contributed by atoms with E-state index in [0.717, 1.165) is 0 Å². The molecule has 2 nitrogen and oxygen atoms in total. The van der Waals surface area contributed by atoms with E-state index in [9.17, 15) is 9.18 Å². The predicted molar refractivity (Wildman–Crippen MR) is 73.9 cm³/mol. The molecule has 1 fully saturated rings. The van der Waals surface area contributed by atoms with Gasteiger partial charge in [0.15, 0.2) is 0 Å². The smallest absolute Gasteiger partial charge is 0.228 e. The SMILES string of the molecule is O=C1CC(S)CN1c1c(F)cc(Cl)cc1I. The molecule has 0 saturated carbocycles. The molecule has 1 aromatic rings. The van der Waals surface area contributed by atoms with Gasteiger partial charge in [-0.15, -0.1) is 0 Å². The molecule has 1 saturated heterocycles. The lowest BCUT2D eigenvalue weighted by atomic mass is 10.3. The largest absolute Gasteiger partial charge is 0.308 e. The van der Waals surface area contributed by atoms with Crippen molar-refractivity contribution in [1.82, 2.24) is 0 Å². The van der Waals surface area contributed by atoms with Crippen LogP contribution >= 0.6 is 46.8 Å². The van der Waals surface area contributed by atoms with Crippen LogP contribution in [0.2, 0.25) is 5.02 Å². The molecule has 1 aromatic carbocycles. The number of rotatable bonds is 1. The second-order valence-corrected chi connectivity index (χ2v) is 5.91. The van der Waals surface area contributed by atoms with Crippen LogP contribution in [0.15, 0.2) is 12.1 Å². The summed E-state index contributed by atoms with van der Waals surface area (Å²) >= 11 is 11.9. The summed E-state index contributed by atoms with van der Waals surface area (Å²) in [5.74, 6) is -0.563. The molecule has 1 aliphatic rings. The van der Waals surface area contributed by atoms with Gasteiger partial charge in [0.05, 0.1) is 5.69 Å². The molecule has 16 heavy (non-hydrogen) atoms. The first-order chi connectivity index (χ1) is 7.49. The van der Waals surface area contributed by atoms with E-state index in [0.29, 0.717) is 27.2 Å². The minimum absolute atomic E-state index is 0.0293. The Hall–Kier alpha value is -0.0100. The maximum atomic E-state index is 13.8. The summed E-state index contributed by atoms with van der Waals surface area (Å²) in [6, 6.07) is 2.86. The molecular formula is C10H8ClFINOS. The van der Waals surface area contributed by atoms with Gasteiger partial charge in [-0.3, -0.25) is 4.79 Å². The molecule has 0 aromatic heterocycles. The Balaban J connectivity index is 2.44. The van der Waals surface area contributed by atoms with Gasteiger partial charge in [0.2, 0.25) is 5.91 Å². The van der Waals surface area contributed by atoms with Crippen molar-refractivity contribution >= 4 is 58.4 Å². The van der Waals surface area contributed by atoms with E-state index in [-0.39, 0.29) is 11.2 Å². The second-order valence-electron chi connectivity index (χ2n) is 3.58. The number of halogens is 3. The van der Waals surface area contributed by atoms with E-state index in [1.54, 1.807) is 6.07 Å². The van der Waals surface area contributed by atoms with Crippen molar-refractivity contribution in [2.24, 2.45) is 0 Å². The van der Waals surface area contributed by atoms with Crippen molar-refractivity contribution in [1.29, 1.82) is 0 Å².